The van der Waals surface area contributed by atoms with Gasteiger partial charge in [-0.15, -0.1) is 0 Å². The zero-order valence-electron chi connectivity index (χ0n) is 14.7. The summed E-state index contributed by atoms with van der Waals surface area (Å²) in [6, 6.07) is 13.6. The van der Waals surface area contributed by atoms with Gasteiger partial charge in [-0.3, -0.25) is 14.5 Å². The predicted molar refractivity (Wildman–Crippen MR) is 97.2 cm³/mol. The number of nitrogens with one attached hydrogen (secondary N) is 1. The highest BCUT2D eigenvalue weighted by Gasteiger charge is 2.37. The summed E-state index contributed by atoms with van der Waals surface area (Å²) >= 11 is 0. The van der Waals surface area contributed by atoms with Gasteiger partial charge in [0.2, 0.25) is 0 Å². The Hall–Kier alpha value is -3.32. The van der Waals surface area contributed by atoms with Gasteiger partial charge in [-0.05, 0) is 30.3 Å². The molecule has 0 fully saturated rings. The lowest BCUT2D eigenvalue weighted by Crippen LogP contribution is -3.09. The monoisotopic (exact) mass is 365 g/mol. The molecule has 0 radical (unpaired) electrons. The van der Waals surface area contributed by atoms with Crippen molar-refractivity contribution in [2.45, 2.75) is 6.54 Å². The van der Waals surface area contributed by atoms with Crippen molar-refractivity contribution < 1.29 is 18.9 Å². The molecule has 6 nitrogen and oxygen atoms in total. The number of anilines is 1. The van der Waals surface area contributed by atoms with E-state index < -0.39 is 17.5 Å². The maximum atomic E-state index is 13.4. The number of quaternary nitrogens is 1. The number of hydrogen-bond acceptors (Lipinski definition) is 3. The molecule has 2 aromatic carbocycles. The lowest BCUT2D eigenvalue weighted by atomic mass is 10.1. The summed E-state index contributed by atoms with van der Waals surface area (Å²) in [5.74, 6) is -1.80. The fraction of sp³-hybridized carbons (Fsp3) is 0.150. The third-order valence-electron chi connectivity index (χ3n) is 4.52. The minimum Gasteiger partial charge on any atom is -0.316 e. The zero-order valence-corrected chi connectivity index (χ0v) is 14.7. The number of para-hydroxylation sites is 1. The summed E-state index contributed by atoms with van der Waals surface area (Å²) in [6.45, 7) is 0.932. The fourth-order valence-corrected chi connectivity index (χ4v) is 3.28. The van der Waals surface area contributed by atoms with Crippen LogP contribution in [0.1, 0.15) is 15.9 Å². The first-order valence-corrected chi connectivity index (χ1v) is 8.59. The van der Waals surface area contributed by atoms with Crippen molar-refractivity contribution >= 4 is 17.4 Å². The average Bonchev–Trinajstić information content (AvgIpc) is 3.22. The van der Waals surface area contributed by atoms with Crippen molar-refractivity contribution in [1.82, 2.24) is 9.78 Å². The Morgan fingerprint density at radius 2 is 1.89 bits per heavy atom. The van der Waals surface area contributed by atoms with Gasteiger partial charge in [0.05, 0.1) is 30.2 Å². The van der Waals surface area contributed by atoms with Crippen molar-refractivity contribution in [2.75, 3.05) is 18.6 Å². The number of nitrogens with zero attached hydrogens (tertiary/aromatic N) is 3. The van der Waals surface area contributed by atoms with E-state index in [-0.39, 0.29) is 5.56 Å². The first kappa shape index (κ1) is 17.1. The van der Waals surface area contributed by atoms with Gasteiger partial charge in [0, 0.05) is 11.8 Å². The highest BCUT2D eigenvalue weighted by molar-refractivity contribution is 6.52. The number of benzene rings is 2. The molecule has 0 saturated carbocycles. The number of hydrogen-bond donors (Lipinski definition) is 1. The van der Waals surface area contributed by atoms with Gasteiger partial charge in [-0.25, -0.2) is 9.07 Å². The standard InChI is InChI=1S/C20H17FN4O2/c1-23(11-14-10-22-25(12-14)16-5-3-2-4-6-16)13-24-18-8-7-15(21)9-17(18)19(26)20(24)27/h2-10,12H,11,13H2,1H3/p+1. The molecule has 2 heterocycles. The van der Waals surface area contributed by atoms with Gasteiger partial charge >= 0.3 is 5.91 Å². The van der Waals surface area contributed by atoms with E-state index in [9.17, 15) is 14.0 Å². The largest absolute Gasteiger partial charge is 0.316 e. The van der Waals surface area contributed by atoms with Crippen LogP contribution in [-0.2, 0) is 11.3 Å². The summed E-state index contributed by atoms with van der Waals surface area (Å²) in [5, 5.41) is 4.37. The lowest BCUT2D eigenvalue weighted by Gasteiger charge is -2.21. The van der Waals surface area contributed by atoms with E-state index in [1.807, 2.05) is 43.6 Å². The number of rotatable bonds is 5. The topological polar surface area (TPSA) is 59.6 Å². The summed E-state index contributed by atoms with van der Waals surface area (Å²) < 4.78 is 15.2. The molecule has 0 bridgehead atoms. The quantitative estimate of drug-likeness (QED) is 0.692. The van der Waals surface area contributed by atoms with Crippen LogP contribution in [-0.4, -0.2) is 35.2 Å². The molecule has 27 heavy (non-hydrogen) atoms. The molecule has 0 saturated heterocycles. The number of aromatic nitrogens is 2. The molecule has 4 rings (SSSR count). The van der Waals surface area contributed by atoms with Crippen molar-refractivity contribution in [1.29, 1.82) is 0 Å². The van der Waals surface area contributed by atoms with Crippen molar-refractivity contribution in [3.8, 4) is 5.69 Å². The molecule has 1 aromatic heterocycles. The van der Waals surface area contributed by atoms with Crippen LogP contribution in [0.25, 0.3) is 5.69 Å². The molecule has 1 atom stereocenters. The van der Waals surface area contributed by atoms with E-state index in [1.165, 1.54) is 17.0 Å². The Kier molecular flexibility index (Phi) is 4.29. The third kappa shape index (κ3) is 3.24. The Balaban J connectivity index is 1.48. The van der Waals surface area contributed by atoms with E-state index in [1.54, 1.807) is 10.9 Å². The molecule has 1 N–H and O–H groups in total. The van der Waals surface area contributed by atoms with Crippen LogP contribution in [0.4, 0.5) is 10.1 Å². The maximum absolute atomic E-state index is 13.4. The van der Waals surface area contributed by atoms with Crippen molar-refractivity contribution in [3.05, 3.63) is 77.9 Å². The van der Waals surface area contributed by atoms with Crippen LogP contribution in [0.15, 0.2) is 60.9 Å². The van der Waals surface area contributed by atoms with E-state index in [0.29, 0.717) is 18.9 Å². The SMILES string of the molecule is C[NH+](Cc1cnn(-c2ccccc2)c1)CN1C(=O)C(=O)c2cc(F)ccc21. The smallest absolute Gasteiger partial charge is 0.303 e. The second-order valence-corrected chi connectivity index (χ2v) is 6.64. The van der Waals surface area contributed by atoms with Crippen LogP contribution >= 0.6 is 0 Å². The van der Waals surface area contributed by atoms with Gasteiger partial charge in [0.25, 0.3) is 5.78 Å². The highest BCUT2D eigenvalue weighted by atomic mass is 19.1. The second-order valence-electron chi connectivity index (χ2n) is 6.64. The van der Waals surface area contributed by atoms with Crippen LogP contribution in [0, 0.1) is 5.82 Å². The molecule has 0 spiro atoms. The number of fused-ring (bicyclic) bond motifs is 1. The summed E-state index contributed by atoms with van der Waals surface area (Å²) in [7, 11) is 1.93. The lowest BCUT2D eigenvalue weighted by molar-refractivity contribution is -0.892. The minimum absolute atomic E-state index is 0.129. The maximum Gasteiger partial charge on any atom is 0.303 e. The first-order chi connectivity index (χ1) is 13.0. The number of amides is 1. The molecule has 7 heteroatoms. The van der Waals surface area contributed by atoms with Crippen LogP contribution in [0.5, 0.6) is 0 Å². The summed E-state index contributed by atoms with van der Waals surface area (Å²) in [6.07, 6.45) is 3.73. The Labute approximate surface area is 155 Å². The predicted octanol–water partition coefficient (Wildman–Crippen LogP) is 1.21. The van der Waals surface area contributed by atoms with E-state index in [4.69, 9.17) is 0 Å². The minimum atomic E-state index is -0.658. The van der Waals surface area contributed by atoms with Crippen LogP contribution < -0.4 is 9.80 Å². The van der Waals surface area contributed by atoms with Crippen LogP contribution in [0.3, 0.4) is 0 Å². The molecular weight excluding hydrogens is 347 g/mol. The van der Waals surface area contributed by atoms with Gasteiger partial charge < -0.3 is 4.90 Å². The number of halogens is 1. The molecular formula is C20H18FN4O2+. The summed E-state index contributed by atoms with van der Waals surface area (Å²) in [4.78, 5) is 26.8. The number of Topliss-reactive ketones (excluding diaryl/α,β-unsaturated/α-hetero) is 1. The molecule has 0 aliphatic carbocycles. The van der Waals surface area contributed by atoms with Gasteiger partial charge in [-0.1, -0.05) is 18.2 Å². The Morgan fingerprint density at radius 1 is 1.11 bits per heavy atom. The van der Waals surface area contributed by atoms with E-state index in [0.717, 1.165) is 22.2 Å². The molecule has 1 aliphatic rings. The zero-order chi connectivity index (χ0) is 19.0. The van der Waals surface area contributed by atoms with E-state index in [2.05, 4.69) is 5.10 Å². The van der Waals surface area contributed by atoms with Crippen LogP contribution in [0.2, 0.25) is 0 Å². The van der Waals surface area contributed by atoms with E-state index >= 15 is 0 Å². The third-order valence-corrected chi connectivity index (χ3v) is 4.52. The van der Waals surface area contributed by atoms with Gasteiger partial charge in [0.15, 0.2) is 6.67 Å². The number of carbonyl (C=O) groups excluding carboxylic acids is 2. The molecule has 3 aromatic rings. The normalized spacial score (nSPS) is 14.5. The highest BCUT2D eigenvalue weighted by Crippen LogP contribution is 2.28. The molecule has 1 unspecified atom stereocenters. The van der Waals surface area contributed by atoms with Crippen molar-refractivity contribution in [3.63, 3.8) is 0 Å². The van der Waals surface area contributed by atoms with Gasteiger partial charge in [-0.2, -0.15) is 5.10 Å². The Bertz CT molecular complexity index is 1020. The molecule has 1 amide bonds. The molecule has 1 aliphatic heterocycles. The van der Waals surface area contributed by atoms with Crippen molar-refractivity contribution in [2.24, 2.45) is 0 Å². The number of carbonyl (C=O) groups is 2. The first-order valence-electron chi connectivity index (χ1n) is 8.59. The molecule has 136 valence electrons. The fourth-order valence-electron chi connectivity index (χ4n) is 3.28. The Morgan fingerprint density at radius 3 is 2.67 bits per heavy atom. The van der Waals surface area contributed by atoms with Gasteiger partial charge in [0.1, 0.15) is 12.4 Å². The number of ketones is 1. The average molecular weight is 365 g/mol. The second kappa shape index (κ2) is 6.77. The summed E-state index contributed by atoms with van der Waals surface area (Å²) in [5.41, 5.74) is 2.57.